The molecule has 0 radical (unpaired) electrons. The van der Waals surface area contributed by atoms with Gasteiger partial charge in [-0.2, -0.15) is 0 Å². The van der Waals surface area contributed by atoms with Gasteiger partial charge in [0.2, 0.25) is 0 Å². The van der Waals surface area contributed by atoms with Gasteiger partial charge in [0.1, 0.15) is 5.82 Å². The molecule has 0 unspecified atom stereocenters. The van der Waals surface area contributed by atoms with E-state index in [4.69, 9.17) is 0 Å². The van der Waals surface area contributed by atoms with Crippen molar-refractivity contribution in [1.82, 2.24) is 15.0 Å². The maximum Gasteiger partial charge on any atom is 0.259 e. The first-order chi connectivity index (χ1) is 14.8. The van der Waals surface area contributed by atoms with Crippen LogP contribution in [0.4, 0.5) is 11.5 Å². The number of aromatic amines is 1. The smallest absolute Gasteiger partial charge is 0.259 e. The van der Waals surface area contributed by atoms with Crippen LogP contribution in [0.3, 0.4) is 0 Å². The van der Waals surface area contributed by atoms with E-state index in [-0.39, 0.29) is 5.91 Å². The Morgan fingerprint density at radius 3 is 2.67 bits per heavy atom. The second-order valence-electron chi connectivity index (χ2n) is 7.01. The second-order valence-corrected chi connectivity index (χ2v) is 7.01. The average Bonchev–Trinajstić information content (AvgIpc) is 3.23. The molecule has 3 N–H and O–H groups in total. The summed E-state index contributed by atoms with van der Waals surface area (Å²) in [6.45, 7) is 0.639. The Kier molecular flexibility index (Phi) is 4.57. The molecule has 0 saturated heterocycles. The normalized spacial score (nSPS) is 10.9. The van der Waals surface area contributed by atoms with Crippen LogP contribution in [0.5, 0.6) is 0 Å². The highest BCUT2D eigenvalue weighted by atomic mass is 16.1. The van der Waals surface area contributed by atoms with Gasteiger partial charge in [0.05, 0.1) is 5.56 Å². The van der Waals surface area contributed by atoms with Gasteiger partial charge in [-0.1, -0.05) is 30.3 Å². The maximum atomic E-state index is 13.0. The van der Waals surface area contributed by atoms with Crippen molar-refractivity contribution in [3.05, 3.63) is 96.6 Å². The first-order valence-electron chi connectivity index (χ1n) is 9.67. The van der Waals surface area contributed by atoms with Crippen molar-refractivity contribution >= 4 is 39.1 Å². The van der Waals surface area contributed by atoms with Crippen molar-refractivity contribution in [3.63, 3.8) is 0 Å². The first kappa shape index (κ1) is 17.9. The number of amides is 1. The molecule has 0 atom stereocenters. The third kappa shape index (κ3) is 3.46. The number of aromatic nitrogens is 3. The number of carbonyl (C=O) groups excluding carboxylic acids is 1. The summed E-state index contributed by atoms with van der Waals surface area (Å²) in [6.07, 6.45) is 7.03. The number of rotatable bonds is 5. The van der Waals surface area contributed by atoms with E-state index in [2.05, 4.69) is 25.6 Å². The van der Waals surface area contributed by atoms with Crippen molar-refractivity contribution < 1.29 is 4.79 Å². The Labute approximate surface area is 173 Å². The van der Waals surface area contributed by atoms with Crippen LogP contribution in [0, 0.1) is 0 Å². The van der Waals surface area contributed by atoms with E-state index in [0.717, 1.165) is 32.9 Å². The topological polar surface area (TPSA) is 82.7 Å². The van der Waals surface area contributed by atoms with Gasteiger partial charge in [-0.3, -0.25) is 9.78 Å². The molecule has 6 heteroatoms. The fourth-order valence-corrected chi connectivity index (χ4v) is 3.54. The van der Waals surface area contributed by atoms with E-state index in [1.165, 1.54) is 0 Å². The highest BCUT2D eigenvalue weighted by Crippen LogP contribution is 2.28. The molecule has 1 amide bonds. The number of benzene rings is 2. The van der Waals surface area contributed by atoms with Crippen LogP contribution in [0.2, 0.25) is 0 Å². The van der Waals surface area contributed by atoms with E-state index < -0.39 is 0 Å². The number of hydrogen-bond donors (Lipinski definition) is 3. The van der Waals surface area contributed by atoms with Crippen molar-refractivity contribution in [2.45, 2.75) is 6.54 Å². The molecule has 3 aromatic heterocycles. The molecule has 0 spiro atoms. The first-order valence-corrected chi connectivity index (χ1v) is 9.67. The van der Waals surface area contributed by atoms with Crippen LogP contribution in [-0.2, 0) is 6.54 Å². The van der Waals surface area contributed by atoms with Crippen LogP contribution in [-0.4, -0.2) is 20.9 Å². The molecule has 0 aliphatic heterocycles. The molecule has 0 bridgehead atoms. The van der Waals surface area contributed by atoms with Gasteiger partial charge < -0.3 is 15.6 Å². The summed E-state index contributed by atoms with van der Waals surface area (Å²) in [6, 6.07) is 19.6. The predicted octanol–water partition coefficient (Wildman–Crippen LogP) is 4.98. The van der Waals surface area contributed by atoms with Gasteiger partial charge in [-0.25, -0.2) is 4.98 Å². The van der Waals surface area contributed by atoms with Crippen molar-refractivity contribution in [3.8, 4) is 0 Å². The summed E-state index contributed by atoms with van der Waals surface area (Å²) in [5.41, 5.74) is 3.47. The number of nitrogens with one attached hydrogen (secondary N) is 3. The number of hydrogen-bond acceptors (Lipinski definition) is 4. The molecule has 0 fully saturated rings. The molecule has 0 aliphatic rings. The highest BCUT2D eigenvalue weighted by molar-refractivity contribution is 6.15. The number of fused-ring (bicyclic) bond motifs is 2. The summed E-state index contributed by atoms with van der Waals surface area (Å²) in [5, 5.41) is 9.27. The van der Waals surface area contributed by atoms with Gasteiger partial charge in [0.15, 0.2) is 0 Å². The number of anilines is 2. The van der Waals surface area contributed by atoms with Crippen LogP contribution >= 0.6 is 0 Å². The van der Waals surface area contributed by atoms with Gasteiger partial charge in [0.25, 0.3) is 5.91 Å². The molecule has 3 heterocycles. The van der Waals surface area contributed by atoms with Crippen LogP contribution < -0.4 is 10.6 Å². The minimum Gasteiger partial charge on any atom is -0.380 e. The Morgan fingerprint density at radius 2 is 1.80 bits per heavy atom. The van der Waals surface area contributed by atoms with E-state index in [1.807, 2.05) is 60.7 Å². The standard InChI is InChI=1S/C24H19N5O/c30-24(29-22-12-17-4-1-2-5-18(17)14-28-22)19-15-27-21-7-3-6-20(23(19)21)26-13-16-8-10-25-11-9-16/h1-12,14-15,26-27H,13H2,(H,28,29,30). The summed E-state index contributed by atoms with van der Waals surface area (Å²) >= 11 is 0. The summed E-state index contributed by atoms with van der Waals surface area (Å²) in [4.78, 5) is 24.7. The number of nitrogens with zero attached hydrogens (tertiary/aromatic N) is 2. The van der Waals surface area contributed by atoms with Crippen molar-refractivity contribution in [1.29, 1.82) is 0 Å². The predicted molar refractivity (Wildman–Crippen MR) is 120 cm³/mol. The molecule has 0 aliphatic carbocycles. The molecule has 6 nitrogen and oxygen atoms in total. The highest BCUT2D eigenvalue weighted by Gasteiger charge is 2.16. The fourth-order valence-electron chi connectivity index (χ4n) is 3.54. The van der Waals surface area contributed by atoms with E-state index >= 15 is 0 Å². The SMILES string of the molecule is O=C(Nc1cc2ccccc2cn1)c1c[nH]c2cccc(NCc3ccncc3)c12. The fraction of sp³-hybridized carbons (Fsp3) is 0.0417. The third-order valence-electron chi connectivity index (χ3n) is 5.06. The molecular weight excluding hydrogens is 374 g/mol. The molecule has 5 aromatic rings. The minimum atomic E-state index is -0.206. The number of carbonyl (C=O) groups is 1. The van der Waals surface area contributed by atoms with Gasteiger partial charge in [-0.15, -0.1) is 0 Å². The van der Waals surface area contributed by atoms with Crippen LogP contribution in [0.15, 0.2) is 85.5 Å². The summed E-state index contributed by atoms with van der Waals surface area (Å²) in [7, 11) is 0. The zero-order valence-electron chi connectivity index (χ0n) is 16.1. The molecule has 146 valence electrons. The zero-order chi connectivity index (χ0) is 20.3. The van der Waals surface area contributed by atoms with Crippen molar-refractivity contribution in [2.75, 3.05) is 10.6 Å². The lowest BCUT2D eigenvalue weighted by Gasteiger charge is -2.10. The van der Waals surface area contributed by atoms with Crippen LogP contribution in [0.1, 0.15) is 15.9 Å². The van der Waals surface area contributed by atoms with Gasteiger partial charge in [-0.05, 0) is 41.3 Å². The second kappa shape index (κ2) is 7.67. The van der Waals surface area contributed by atoms with E-state index in [0.29, 0.717) is 17.9 Å². The lowest BCUT2D eigenvalue weighted by atomic mass is 10.1. The maximum absolute atomic E-state index is 13.0. The van der Waals surface area contributed by atoms with Gasteiger partial charge >= 0.3 is 0 Å². The Bertz CT molecular complexity index is 1340. The number of pyridine rings is 2. The van der Waals surface area contributed by atoms with E-state index in [1.54, 1.807) is 24.8 Å². The quantitative estimate of drug-likeness (QED) is 0.393. The molecule has 2 aromatic carbocycles. The summed E-state index contributed by atoms with van der Waals surface area (Å²) < 4.78 is 0. The average molecular weight is 393 g/mol. The van der Waals surface area contributed by atoms with Crippen molar-refractivity contribution in [2.24, 2.45) is 0 Å². The molecular formula is C24H19N5O. The Hall–Kier alpha value is -4.19. The van der Waals surface area contributed by atoms with E-state index in [9.17, 15) is 4.79 Å². The zero-order valence-corrected chi connectivity index (χ0v) is 16.1. The lowest BCUT2D eigenvalue weighted by Crippen LogP contribution is -2.13. The molecule has 30 heavy (non-hydrogen) atoms. The largest absolute Gasteiger partial charge is 0.380 e. The number of H-pyrrole nitrogens is 1. The summed E-state index contributed by atoms with van der Waals surface area (Å²) in [5.74, 6) is 0.317. The monoisotopic (exact) mass is 393 g/mol. The third-order valence-corrected chi connectivity index (χ3v) is 5.06. The lowest BCUT2D eigenvalue weighted by molar-refractivity contribution is 0.102. The molecule has 5 rings (SSSR count). The molecule has 0 saturated carbocycles. The Balaban J connectivity index is 1.43. The Morgan fingerprint density at radius 1 is 0.967 bits per heavy atom. The van der Waals surface area contributed by atoms with Gasteiger partial charge in [0, 0.05) is 53.3 Å². The minimum absolute atomic E-state index is 0.206. The van der Waals surface area contributed by atoms with Crippen LogP contribution in [0.25, 0.3) is 21.7 Å².